The molecule has 2 aliphatic rings. The average Bonchev–Trinajstić information content (AvgIpc) is 2.83. The van der Waals surface area contributed by atoms with Gasteiger partial charge < -0.3 is 20.8 Å². The Labute approximate surface area is 114 Å². The fourth-order valence-electron chi connectivity index (χ4n) is 2.52. The van der Waals surface area contributed by atoms with E-state index >= 15 is 0 Å². The van der Waals surface area contributed by atoms with Gasteiger partial charge in [-0.25, -0.2) is 4.79 Å². The molecule has 2 amide bonds. The SMILES string of the molecule is O=C1N[C@@H]2[C@H](CS[C@H]2CCCC(C(=O)O)C(=O)O)N1. The summed E-state index contributed by atoms with van der Waals surface area (Å²) in [7, 11) is 0. The second kappa shape index (κ2) is 5.68. The van der Waals surface area contributed by atoms with Crippen molar-refractivity contribution in [1.82, 2.24) is 10.6 Å². The summed E-state index contributed by atoms with van der Waals surface area (Å²) in [4.78, 5) is 32.7. The van der Waals surface area contributed by atoms with Gasteiger partial charge in [-0.15, -0.1) is 0 Å². The summed E-state index contributed by atoms with van der Waals surface area (Å²) in [5.41, 5.74) is 0. The lowest BCUT2D eigenvalue weighted by Crippen LogP contribution is -2.37. The molecular weight excluding hydrogens is 272 g/mol. The third-order valence-corrected chi connectivity index (χ3v) is 5.02. The smallest absolute Gasteiger partial charge is 0.317 e. The van der Waals surface area contributed by atoms with Crippen LogP contribution in [0.5, 0.6) is 0 Å². The van der Waals surface area contributed by atoms with Crippen molar-refractivity contribution in [3.63, 3.8) is 0 Å². The number of rotatable bonds is 6. The van der Waals surface area contributed by atoms with Crippen LogP contribution >= 0.6 is 11.8 Å². The van der Waals surface area contributed by atoms with Crippen molar-refractivity contribution in [3.8, 4) is 0 Å². The first kappa shape index (κ1) is 14.0. The highest BCUT2D eigenvalue weighted by atomic mass is 32.2. The normalized spacial score (nSPS) is 28.9. The summed E-state index contributed by atoms with van der Waals surface area (Å²) in [5, 5.41) is 23.4. The number of amides is 2. The molecule has 4 N–H and O–H groups in total. The number of carboxylic acid groups (broad SMARTS) is 2. The molecule has 2 rings (SSSR count). The van der Waals surface area contributed by atoms with E-state index in [1.165, 1.54) is 0 Å². The van der Waals surface area contributed by atoms with Gasteiger partial charge in [0.1, 0.15) is 0 Å². The number of carbonyl (C=O) groups is 3. The molecule has 0 radical (unpaired) electrons. The fraction of sp³-hybridized carbons (Fsp3) is 0.727. The quantitative estimate of drug-likeness (QED) is 0.407. The Hall–Kier alpha value is -1.44. The van der Waals surface area contributed by atoms with E-state index in [1.54, 1.807) is 11.8 Å². The van der Waals surface area contributed by atoms with E-state index in [4.69, 9.17) is 10.2 Å². The lowest BCUT2D eigenvalue weighted by atomic mass is 9.98. The van der Waals surface area contributed by atoms with Gasteiger partial charge in [0.05, 0.1) is 12.1 Å². The third kappa shape index (κ3) is 3.12. The summed E-state index contributed by atoms with van der Waals surface area (Å²) in [6, 6.07) is 0.0529. The van der Waals surface area contributed by atoms with Crippen molar-refractivity contribution in [2.45, 2.75) is 36.6 Å². The van der Waals surface area contributed by atoms with Gasteiger partial charge in [0.25, 0.3) is 0 Å². The van der Waals surface area contributed by atoms with Gasteiger partial charge in [0.15, 0.2) is 5.92 Å². The first-order chi connectivity index (χ1) is 8.99. The Kier molecular flexibility index (Phi) is 4.18. The highest BCUT2D eigenvalue weighted by Gasteiger charge is 2.42. The van der Waals surface area contributed by atoms with Crippen molar-refractivity contribution in [1.29, 1.82) is 0 Å². The molecule has 19 heavy (non-hydrogen) atoms. The zero-order chi connectivity index (χ0) is 14.0. The molecule has 0 saturated carbocycles. The number of hydrogen-bond donors (Lipinski definition) is 4. The predicted molar refractivity (Wildman–Crippen MR) is 68.1 cm³/mol. The molecule has 0 aromatic carbocycles. The van der Waals surface area contributed by atoms with Crippen molar-refractivity contribution >= 4 is 29.7 Å². The first-order valence-corrected chi connectivity index (χ1v) is 7.18. The molecule has 2 heterocycles. The van der Waals surface area contributed by atoms with Crippen LogP contribution in [0, 0.1) is 5.92 Å². The summed E-state index contributed by atoms with van der Waals surface area (Å²) in [6.45, 7) is 0. The molecule has 106 valence electrons. The Bertz CT molecular complexity index is 389. The topological polar surface area (TPSA) is 116 Å². The minimum atomic E-state index is -1.33. The molecule has 0 spiro atoms. The predicted octanol–water partition coefficient (Wildman–Crippen LogP) is 0.108. The Morgan fingerprint density at radius 3 is 2.63 bits per heavy atom. The van der Waals surface area contributed by atoms with Gasteiger partial charge in [0, 0.05) is 11.0 Å². The van der Waals surface area contributed by atoms with Crippen LogP contribution in [0.25, 0.3) is 0 Å². The van der Waals surface area contributed by atoms with Gasteiger partial charge in [-0.3, -0.25) is 9.59 Å². The van der Waals surface area contributed by atoms with E-state index in [0.717, 1.165) is 5.75 Å². The number of aliphatic carboxylic acids is 2. The average molecular weight is 288 g/mol. The van der Waals surface area contributed by atoms with Crippen LogP contribution < -0.4 is 10.6 Å². The zero-order valence-electron chi connectivity index (χ0n) is 10.2. The van der Waals surface area contributed by atoms with Crippen LogP contribution in [0.15, 0.2) is 0 Å². The molecule has 2 aliphatic heterocycles. The van der Waals surface area contributed by atoms with E-state index in [1.807, 2.05) is 0 Å². The number of fused-ring (bicyclic) bond motifs is 1. The number of urea groups is 1. The van der Waals surface area contributed by atoms with Crippen LogP contribution in [-0.4, -0.2) is 51.3 Å². The lowest BCUT2D eigenvalue weighted by Gasteiger charge is -2.17. The second-order valence-corrected chi connectivity index (χ2v) is 6.05. The second-order valence-electron chi connectivity index (χ2n) is 4.78. The molecule has 7 nitrogen and oxygen atoms in total. The van der Waals surface area contributed by atoms with E-state index in [2.05, 4.69) is 10.6 Å². The monoisotopic (exact) mass is 288 g/mol. The minimum absolute atomic E-state index is 0.0746. The highest BCUT2D eigenvalue weighted by molar-refractivity contribution is 8.00. The molecule has 0 aliphatic carbocycles. The lowest BCUT2D eigenvalue weighted by molar-refractivity contribution is -0.154. The van der Waals surface area contributed by atoms with Crippen LogP contribution in [0.1, 0.15) is 19.3 Å². The maximum atomic E-state index is 11.2. The Morgan fingerprint density at radius 2 is 2.00 bits per heavy atom. The van der Waals surface area contributed by atoms with Crippen LogP contribution in [0.2, 0.25) is 0 Å². The molecule has 0 unspecified atom stereocenters. The number of thioether (sulfide) groups is 1. The molecule has 2 fully saturated rings. The van der Waals surface area contributed by atoms with Crippen molar-refractivity contribution < 1.29 is 24.6 Å². The van der Waals surface area contributed by atoms with Gasteiger partial charge in [0.2, 0.25) is 0 Å². The molecule has 3 atom stereocenters. The van der Waals surface area contributed by atoms with Crippen molar-refractivity contribution in [2.75, 3.05) is 5.75 Å². The summed E-state index contributed by atoms with van der Waals surface area (Å²) >= 11 is 1.73. The summed E-state index contributed by atoms with van der Waals surface area (Å²) in [5.74, 6) is -3.07. The molecule has 8 heteroatoms. The standard InChI is InChI=1S/C11H16N2O5S/c14-9(15)5(10(16)17)2-1-3-7-8-6(4-19-7)12-11(18)13-8/h5-8H,1-4H2,(H,14,15)(H,16,17)(H2,12,13,18)/t6-,7-,8+/m0/s1. The van der Waals surface area contributed by atoms with Gasteiger partial charge in [-0.1, -0.05) is 6.42 Å². The summed E-state index contributed by atoms with van der Waals surface area (Å²) < 4.78 is 0. The number of carboxylic acids is 2. The molecule has 0 bridgehead atoms. The molecule has 0 aromatic heterocycles. The fourth-order valence-corrected chi connectivity index (χ4v) is 4.06. The van der Waals surface area contributed by atoms with Crippen LogP contribution in [0.4, 0.5) is 4.79 Å². The van der Waals surface area contributed by atoms with Gasteiger partial charge in [-0.2, -0.15) is 11.8 Å². The number of hydrogen-bond acceptors (Lipinski definition) is 4. The van der Waals surface area contributed by atoms with Gasteiger partial charge >= 0.3 is 18.0 Å². The van der Waals surface area contributed by atoms with E-state index in [-0.39, 0.29) is 29.8 Å². The van der Waals surface area contributed by atoms with E-state index in [9.17, 15) is 14.4 Å². The molecule has 2 saturated heterocycles. The largest absolute Gasteiger partial charge is 0.481 e. The van der Waals surface area contributed by atoms with Crippen LogP contribution in [-0.2, 0) is 9.59 Å². The van der Waals surface area contributed by atoms with E-state index < -0.39 is 17.9 Å². The number of nitrogens with one attached hydrogen (secondary N) is 2. The highest BCUT2D eigenvalue weighted by Crippen LogP contribution is 2.33. The first-order valence-electron chi connectivity index (χ1n) is 6.13. The maximum Gasteiger partial charge on any atom is 0.317 e. The minimum Gasteiger partial charge on any atom is -0.481 e. The molecular formula is C11H16N2O5S. The number of carbonyl (C=O) groups excluding carboxylic acids is 1. The molecule has 0 aromatic rings. The van der Waals surface area contributed by atoms with Crippen LogP contribution in [0.3, 0.4) is 0 Å². The van der Waals surface area contributed by atoms with E-state index in [0.29, 0.717) is 12.8 Å². The van der Waals surface area contributed by atoms with Gasteiger partial charge in [-0.05, 0) is 12.8 Å². The maximum absolute atomic E-state index is 11.2. The van der Waals surface area contributed by atoms with Crippen molar-refractivity contribution in [3.05, 3.63) is 0 Å². The summed E-state index contributed by atoms with van der Waals surface area (Å²) in [6.07, 6.45) is 1.37. The van der Waals surface area contributed by atoms with Crippen molar-refractivity contribution in [2.24, 2.45) is 5.92 Å². The third-order valence-electron chi connectivity index (χ3n) is 3.52. The zero-order valence-corrected chi connectivity index (χ0v) is 11.0. The Morgan fingerprint density at radius 1 is 1.32 bits per heavy atom. The Balaban J connectivity index is 1.78.